The number of hydrogen-bond donors (Lipinski definition) is 2. The third kappa shape index (κ3) is 2.58. The number of nitrogens with zero attached hydrogens (tertiary/aromatic N) is 1. The van der Waals surface area contributed by atoms with Gasteiger partial charge in [-0.2, -0.15) is 0 Å². The van der Waals surface area contributed by atoms with Crippen LogP contribution in [0.5, 0.6) is 0 Å². The van der Waals surface area contributed by atoms with Gasteiger partial charge in [-0.3, -0.25) is 9.59 Å². The minimum Gasteiger partial charge on any atom is -0.481 e. The minimum atomic E-state index is -0.813. The molecule has 1 aliphatic heterocycles. The van der Waals surface area contributed by atoms with E-state index in [2.05, 4.69) is 4.98 Å². The number of likely N-dealkylation sites (tertiary alicyclic amines) is 1. The molecule has 24 heavy (non-hydrogen) atoms. The molecule has 128 valence electrons. The van der Waals surface area contributed by atoms with E-state index in [1.807, 2.05) is 45.2 Å². The van der Waals surface area contributed by atoms with Crippen LogP contribution in [0.25, 0.3) is 10.9 Å². The van der Waals surface area contributed by atoms with Crippen LogP contribution in [-0.4, -0.2) is 40.0 Å². The lowest BCUT2D eigenvalue weighted by Crippen LogP contribution is -2.41. The first-order chi connectivity index (χ1) is 11.3. The monoisotopic (exact) mass is 328 g/mol. The van der Waals surface area contributed by atoms with Gasteiger partial charge in [-0.1, -0.05) is 32.0 Å². The normalized spacial score (nSPS) is 20.9. The molecule has 1 saturated heterocycles. The smallest absolute Gasteiger partial charge is 0.311 e. The quantitative estimate of drug-likeness (QED) is 0.906. The highest BCUT2D eigenvalue weighted by molar-refractivity contribution is 5.91. The zero-order valence-electron chi connectivity index (χ0n) is 14.4. The third-order valence-electron chi connectivity index (χ3n) is 5.54. The number of carbonyl (C=O) groups excluding carboxylic acids is 1. The summed E-state index contributed by atoms with van der Waals surface area (Å²) in [5, 5.41) is 10.7. The summed E-state index contributed by atoms with van der Waals surface area (Å²) in [5.74, 6) is -0.791. The SMILES string of the molecule is Cc1cccc2c(CC(=O)N3CCC(C(=O)O)(C(C)C)C3)c[nH]c12. The zero-order chi connectivity index (χ0) is 17.5. The van der Waals surface area contributed by atoms with Crippen LogP contribution >= 0.6 is 0 Å². The van der Waals surface area contributed by atoms with Gasteiger partial charge in [0.1, 0.15) is 0 Å². The number of carboxylic acids is 1. The molecule has 1 aromatic carbocycles. The van der Waals surface area contributed by atoms with Crippen molar-refractivity contribution in [2.75, 3.05) is 13.1 Å². The molecule has 0 spiro atoms. The number of para-hydroxylation sites is 1. The topological polar surface area (TPSA) is 73.4 Å². The highest BCUT2D eigenvalue weighted by atomic mass is 16.4. The summed E-state index contributed by atoms with van der Waals surface area (Å²) >= 11 is 0. The Labute approximate surface area is 141 Å². The Hall–Kier alpha value is -2.30. The lowest BCUT2D eigenvalue weighted by Gasteiger charge is -2.28. The van der Waals surface area contributed by atoms with Gasteiger partial charge in [-0.25, -0.2) is 0 Å². The molecule has 1 aromatic heterocycles. The summed E-state index contributed by atoms with van der Waals surface area (Å²) in [6.07, 6.45) is 2.72. The summed E-state index contributed by atoms with van der Waals surface area (Å²) in [7, 11) is 0. The summed E-state index contributed by atoms with van der Waals surface area (Å²) in [5.41, 5.74) is 2.36. The van der Waals surface area contributed by atoms with E-state index in [0.29, 0.717) is 25.9 Å². The number of aromatic amines is 1. The van der Waals surface area contributed by atoms with Crippen molar-refractivity contribution in [3.8, 4) is 0 Å². The van der Waals surface area contributed by atoms with E-state index in [4.69, 9.17) is 0 Å². The van der Waals surface area contributed by atoms with Crippen LogP contribution in [0.4, 0.5) is 0 Å². The first-order valence-electron chi connectivity index (χ1n) is 8.42. The molecule has 1 atom stereocenters. The number of rotatable bonds is 4. The minimum absolute atomic E-state index is 0.00109. The lowest BCUT2D eigenvalue weighted by atomic mass is 9.76. The van der Waals surface area contributed by atoms with Gasteiger partial charge in [0.15, 0.2) is 0 Å². The van der Waals surface area contributed by atoms with Crippen molar-refractivity contribution in [2.24, 2.45) is 11.3 Å². The van der Waals surface area contributed by atoms with Crippen LogP contribution in [0.3, 0.4) is 0 Å². The standard InChI is InChI=1S/C19H24N2O3/c1-12(2)19(18(23)24)7-8-21(11-19)16(22)9-14-10-20-17-13(3)5-4-6-15(14)17/h4-6,10,12,20H,7-9,11H2,1-3H3,(H,23,24). The fourth-order valence-electron chi connectivity index (χ4n) is 3.72. The maximum absolute atomic E-state index is 12.7. The van der Waals surface area contributed by atoms with Gasteiger partial charge in [-0.15, -0.1) is 0 Å². The molecule has 1 aliphatic rings. The Morgan fingerprint density at radius 3 is 2.75 bits per heavy atom. The van der Waals surface area contributed by atoms with Crippen molar-refractivity contribution in [2.45, 2.75) is 33.6 Å². The van der Waals surface area contributed by atoms with Crippen LogP contribution in [0, 0.1) is 18.3 Å². The van der Waals surface area contributed by atoms with Crippen LogP contribution in [-0.2, 0) is 16.0 Å². The van der Waals surface area contributed by atoms with Crippen LogP contribution in [0.1, 0.15) is 31.4 Å². The van der Waals surface area contributed by atoms with Gasteiger partial charge in [0, 0.05) is 30.2 Å². The number of benzene rings is 1. The van der Waals surface area contributed by atoms with E-state index >= 15 is 0 Å². The van der Waals surface area contributed by atoms with Crippen LogP contribution < -0.4 is 0 Å². The highest BCUT2D eigenvalue weighted by Gasteiger charge is 2.48. The van der Waals surface area contributed by atoms with Gasteiger partial charge < -0.3 is 15.0 Å². The fourth-order valence-corrected chi connectivity index (χ4v) is 3.72. The Morgan fingerprint density at radius 1 is 1.38 bits per heavy atom. The predicted octanol–water partition coefficient (Wildman–Crippen LogP) is 2.98. The molecular formula is C19H24N2O3. The van der Waals surface area contributed by atoms with Gasteiger partial charge in [0.25, 0.3) is 0 Å². The predicted molar refractivity (Wildman–Crippen MR) is 92.8 cm³/mol. The number of carbonyl (C=O) groups is 2. The van der Waals surface area contributed by atoms with E-state index in [0.717, 1.165) is 22.0 Å². The van der Waals surface area contributed by atoms with Crippen LogP contribution in [0.15, 0.2) is 24.4 Å². The molecule has 3 rings (SSSR count). The number of aromatic nitrogens is 1. The number of aliphatic carboxylic acids is 1. The molecule has 5 nitrogen and oxygen atoms in total. The number of aryl methyl sites for hydroxylation is 1. The second-order valence-corrected chi connectivity index (χ2v) is 7.17. The first-order valence-corrected chi connectivity index (χ1v) is 8.42. The van der Waals surface area contributed by atoms with Crippen molar-refractivity contribution < 1.29 is 14.7 Å². The molecular weight excluding hydrogens is 304 g/mol. The van der Waals surface area contributed by atoms with Gasteiger partial charge in [0.05, 0.1) is 11.8 Å². The van der Waals surface area contributed by atoms with Gasteiger partial charge in [0.2, 0.25) is 5.91 Å². The van der Waals surface area contributed by atoms with E-state index < -0.39 is 11.4 Å². The Bertz CT molecular complexity index is 793. The molecule has 1 amide bonds. The second-order valence-electron chi connectivity index (χ2n) is 7.17. The Balaban J connectivity index is 1.78. The first kappa shape index (κ1) is 16.6. The van der Waals surface area contributed by atoms with Crippen molar-refractivity contribution in [1.29, 1.82) is 0 Å². The van der Waals surface area contributed by atoms with Crippen molar-refractivity contribution in [1.82, 2.24) is 9.88 Å². The molecule has 1 fully saturated rings. The summed E-state index contributed by atoms with van der Waals surface area (Å²) in [6, 6.07) is 6.04. The Kier molecular flexibility index (Phi) is 4.11. The number of carboxylic acid groups (broad SMARTS) is 1. The molecule has 0 saturated carbocycles. The number of H-pyrrole nitrogens is 1. The van der Waals surface area contributed by atoms with E-state index in [1.54, 1.807) is 4.90 Å². The second kappa shape index (κ2) is 5.96. The number of hydrogen-bond acceptors (Lipinski definition) is 2. The lowest BCUT2D eigenvalue weighted by molar-refractivity contribution is -0.151. The fraction of sp³-hybridized carbons (Fsp3) is 0.474. The zero-order valence-corrected chi connectivity index (χ0v) is 14.4. The van der Waals surface area contributed by atoms with Gasteiger partial charge >= 0.3 is 5.97 Å². The summed E-state index contributed by atoms with van der Waals surface area (Å²) in [6.45, 7) is 6.70. The molecule has 0 radical (unpaired) electrons. The molecule has 5 heteroatoms. The largest absolute Gasteiger partial charge is 0.481 e. The Morgan fingerprint density at radius 2 is 2.12 bits per heavy atom. The number of fused-ring (bicyclic) bond motifs is 1. The number of nitrogens with one attached hydrogen (secondary N) is 1. The van der Waals surface area contributed by atoms with Crippen LogP contribution in [0.2, 0.25) is 0 Å². The average molecular weight is 328 g/mol. The maximum atomic E-state index is 12.7. The molecule has 1 unspecified atom stereocenters. The van der Waals surface area contributed by atoms with Crippen molar-refractivity contribution >= 4 is 22.8 Å². The number of amides is 1. The van der Waals surface area contributed by atoms with Gasteiger partial charge in [-0.05, 0) is 30.4 Å². The summed E-state index contributed by atoms with van der Waals surface area (Å²) < 4.78 is 0. The molecule has 0 aliphatic carbocycles. The van der Waals surface area contributed by atoms with E-state index in [-0.39, 0.29) is 11.8 Å². The maximum Gasteiger partial charge on any atom is 0.311 e. The van der Waals surface area contributed by atoms with E-state index in [9.17, 15) is 14.7 Å². The molecule has 2 heterocycles. The van der Waals surface area contributed by atoms with E-state index in [1.165, 1.54) is 0 Å². The highest BCUT2D eigenvalue weighted by Crippen LogP contribution is 2.38. The molecule has 2 aromatic rings. The summed E-state index contributed by atoms with van der Waals surface area (Å²) in [4.78, 5) is 29.4. The average Bonchev–Trinajstić information content (AvgIpc) is 3.14. The molecule has 2 N–H and O–H groups in total. The molecule has 0 bridgehead atoms. The van der Waals surface area contributed by atoms with Crippen molar-refractivity contribution in [3.63, 3.8) is 0 Å². The third-order valence-corrected chi connectivity index (χ3v) is 5.54. The van der Waals surface area contributed by atoms with Crippen molar-refractivity contribution in [3.05, 3.63) is 35.5 Å².